The van der Waals surface area contributed by atoms with E-state index in [0.29, 0.717) is 13.0 Å². The lowest BCUT2D eigenvalue weighted by Gasteiger charge is -2.25. The second kappa shape index (κ2) is 11.5. The summed E-state index contributed by atoms with van der Waals surface area (Å²) in [6.07, 6.45) is 5.24. The molecule has 3 nitrogen and oxygen atoms in total. The number of aliphatic hydroxyl groups excluding tert-OH is 1. The normalized spacial score (nSPS) is 12.6. The van der Waals surface area contributed by atoms with Crippen molar-refractivity contribution in [3.05, 3.63) is 29.8 Å². The van der Waals surface area contributed by atoms with Gasteiger partial charge in [-0.1, -0.05) is 38.8 Å². The van der Waals surface area contributed by atoms with Gasteiger partial charge in [0, 0.05) is 6.54 Å². The molecule has 0 bridgehead atoms. The van der Waals surface area contributed by atoms with Gasteiger partial charge in [0.25, 0.3) is 0 Å². The fraction of sp³-hybridized carbons (Fsp3) is 0.684. The molecule has 0 unspecified atom stereocenters. The SMILES string of the molecule is CCCCN(CCCC)C[C@H](O)Cc1ccc(OCC)cc1. The molecule has 0 fully saturated rings. The molecule has 0 aliphatic heterocycles. The number of benzene rings is 1. The highest BCUT2D eigenvalue weighted by Gasteiger charge is 2.12. The molecule has 0 spiro atoms. The van der Waals surface area contributed by atoms with Crippen LogP contribution < -0.4 is 4.74 Å². The average Bonchev–Trinajstić information content (AvgIpc) is 2.52. The zero-order valence-electron chi connectivity index (χ0n) is 14.6. The number of unbranched alkanes of at least 4 members (excludes halogenated alkanes) is 2. The van der Waals surface area contributed by atoms with Crippen molar-refractivity contribution in [3.8, 4) is 5.75 Å². The number of rotatable bonds is 12. The highest BCUT2D eigenvalue weighted by atomic mass is 16.5. The highest BCUT2D eigenvalue weighted by molar-refractivity contribution is 5.27. The van der Waals surface area contributed by atoms with E-state index in [0.717, 1.165) is 25.4 Å². The third-order valence-corrected chi connectivity index (χ3v) is 3.83. The Morgan fingerprint density at radius 3 is 2.09 bits per heavy atom. The van der Waals surface area contributed by atoms with Crippen LogP contribution in [-0.4, -0.2) is 42.4 Å². The highest BCUT2D eigenvalue weighted by Crippen LogP contribution is 2.14. The Morgan fingerprint density at radius 2 is 1.59 bits per heavy atom. The summed E-state index contributed by atoms with van der Waals surface area (Å²) in [6.45, 7) is 10.1. The summed E-state index contributed by atoms with van der Waals surface area (Å²) >= 11 is 0. The van der Waals surface area contributed by atoms with E-state index in [9.17, 15) is 5.11 Å². The molecule has 22 heavy (non-hydrogen) atoms. The van der Waals surface area contributed by atoms with E-state index in [1.165, 1.54) is 31.2 Å². The van der Waals surface area contributed by atoms with Gasteiger partial charge < -0.3 is 14.7 Å². The van der Waals surface area contributed by atoms with Gasteiger partial charge in [-0.3, -0.25) is 0 Å². The maximum absolute atomic E-state index is 10.4. The molecule has 3 heteroatoms. The fourth-order valence-corrected chi connectivity index (χ4v) is 2.58. The van der Waals surface area contributed by atoms with Gasteiger partial charge in [-0.2, -0.15) is 0 Å². The first-order chi connectivity index (χ1) is 10.7. The summed E-state index contributed by atoms with van der Waals surface area (Å²) in [7, 11) is 0. The Bertz CT molecular complexity index is 370. The summed E-state index contributed by atoms with van der Waals surface area (Å²) < 4.78 is 5.45. The van der Waals surface area contributed by atoms with Crippen LogP contribution in [0.2, 0.25) is 0 Å². The molecule has 126 valence electrons. The Labute approximate surface area is 136 Å². The van der Waals surface area contributed by atoms with Crippen molar-refractivity contribution in [2.75, 3.05) is 26.2 Å². The van der Waals surface area contributed by atoms with Gasteiger partial charge in [0.1, 0.15) is 5.75 Å². The van der Waals surface area contributed by atoms with Gasteiger partial charge in [0.2, 0.25) is 0 Å². The number of aliphatic hydroxyl groups is 1. The van der Waals surface area contributed by atoms with Crippen LogP contribution in [0.5, 0.6) is 5.75 Å². The van der Waals surface area contributed by atoms with Crippen molar-refractivity contribution < 1.29 is 9.84 Å². The first-order valence-corrected chi connectivity index (χ1v) is 8.81. The van der Waals surface area contributed by atoms with Crippen LogP contribution in [0.1, 0.15) is 52.0 Å². The quantitative estimate of drug-likeness (QED) is 0.636. The molecular weight excluding hydrogens is 274 g/mol. The van der Waals surface area contributed by atoms with Gasteiger partial charge in [-0.25, -0.2) is 0 Å². The standard InChI is InChI=1S/C19H33NO2/c1-4-7-13-20(14-8-5-2)16-18(21)15-17-9-11-19(12-10-17)22-6-3/h9-12,18,21H,4-8,13-16H2,1-3H3/t18-/m1/s1. The molecule has 1 atom stereocenters. The number of nitrogens with zero attached hydrogens (tertiary/aromatic N) is 1. The minimum Gasteiger partial charge on any atom is -0.494 e. The molecule has 0 aliphatic carbocycles. The van der Waals surface area contributed by atoms with Crippen LogP contribution in [0, 0.1) is 0 Å². The molecule has 0 radical (unpaired) electrons. The fourth-order valence-electron chi connectivity index (χ4n) is 2.58. The maximum Gasteiger partial charge on any atom is 0.119 e. The number of ether oxygens (including phenoxy) is 1. The largest absolute Gasteiger partial charge is 0.494 e. The van der Waals surface area contributed by atoms with Crippen molar-refractivity contribution in [3.63, 3.8) is 0 Å². The summed E-state index contributed by atoms with van der Waals surface area (Å²) in [6, 6.07) is 8.07. The molecule has 0 amide bonds. The number of hydrogen-bond donors (Lipinski definition) is 1. The molecule has 0 aromatic heterocycles. The monoisotopic (exact) mass is 307 g/mol. The summed E-state index contributed by atoms with van der Waals surface area (Å²) in [5.41, 5.74) is 1.17. The van der Waals surface area contributed by atoms with E-state index < -0.39 is 0 Å². The van der Waals surface area contributed by atoms with Gasteiger partial charge in [-0.05, 0) is 57.0 Å². The second-order valence-corrected chi connectivity index (χ2v) is 5.94. The van der Waals surface area contributed by atoms with E-state index in [2.05, 4.69) is 30.9 Å². The van der Waals surface area contributed by atoms with E-state index in [-0.39, 0.29) is 6.10 Å². The van der Waals surface area contributed by atoms with E-state index >= 15 is 0 Å². The average molecular weight is 307 g/mol. The molecule has 1 aromatic rings. The van der Waals surface area contributed by atoms with Crippen LogP contribution in [0.3, 0.4) is 0 Å². The molecule has 0 aliphatic rings. The summed E-state index contributed by atoms with van der Waals surface area (Å²) in [4.78, 5) is 2.41. The molecule has 0 saturated carbocycles. The predicted octanol–water partition coefficient (Wildman–Crippen LogP) is 3.89. The van der Waals surface area contributed by atoms with Gasteiger partial charge in [0.15, 0.2) is 0 Å². The lowest BCUT2D eigenvalue weighted by molar-refractivity contribution is 0.110. The Kier molecular flexibility index (Phi) is 9.93. The van der Waals surface area contributed by atoms with Crippen LogP contribution in [0.15, 0.2) is 24.3 Å². The molecular formula is C19H33NO2. The molecule has 0 heterocycles. The van der Waals surface area contributed by atoms with Gasteiger partial charge >= 0.3 is 0 Å². The third-order valence-electron chi connectivity index (χ3n) is 3.83. The topological polar surface area (TPSA) is 32.7 Å². The van der Waals surface area contributed by atoms with Crippen molar-refractivity contribution in [1.29, 1.82) is 0 Å². The molecule has 1 N–H and O–H groups in total. The first kappa shape index (κ1) is 19.0. The zero-order chi connectivity index (χ0) is 16.2. The van der Waals surface area contributed by atoms with Gasteiger partial charge in [-0.15, -0.1) is 0 Å². The predicted molar refractivity (Wildman–Crippen MR) is 93.6 cm³/mol. The minimum atomic E-state index is -0.299. The van der Waals surface area contributed by atoms with Crippen molar-refractivity contribution >= 4 is 0 Å². The summed E-state index contributed by atoms with van der Waals surface area (Å²) in [5.74, 6) is 0.897. The van der Waals surface area contributed by atoms with E-state index in [4.69, 9.17) is 4.74 Å². The molecule has 0 saturated heterocycles. The van der Waals surface area contributed by atoms with E-state index in [1.54, 1.807) is 0 Å². The lowest BCUT2D eigenvalue weighted by atomic mass is 10.1. The van der Waals surface area contributed by atoms with E-state index in [1.807, 2.05) is 19.1 Å². The zero-order valence-corrected chi connectivity index (χ0v) is 14.6. The smallest absolute Gasteiger partial charge is 0.119 e. The Balaban J connectivity index is 2.45. The van der Waals surface area contributed by atoms with Crippen molar-refractivity contribution in [2.24, 2.45) is 0 Å². The summed E-state index contributed by atoms with van der Waals surface area (Å²) in [5, 5.41) is 10.4. The van der Waals surface area contributed by atoms with Crippen LogP contribution in [-0.2, 0) is 6.42 Å². The first-order valence-electron chi connectivity index (χ1n) is 8.81. The van der Waals surface area contributed by atoms with Crippen molar-refractivity contribution in [1.82, 2.24) is 4.90 Å². The van der Waals surface area contributed by atoms with Crippen molar-refractivity contribution in [2.45, 2.75) is 59.0 Å². The molecule has 1 aromatic carbocycles. The Hall–Kier alpha value is -1.06. The minimum absolute atomic E-state index is 0.299. The number of hydrogen-bond acceptors (Lipinski definition) is 3. The Morgan fingerprint density at radius 1 is 1.00 bits per heavy atom. The van der Waals surface area contributed by atoms with Crippen LogP contribution in [0.4, 0.5) is 0 Å². The lowest BCUT2D eigenvalue weighted by Crippen LogP contribution is -2.35. The van der Waals surface area contributed by atoms with Crippen LogP contribution >= 0.6 is 0 Å². The second-order valence-electron chi connectivity index (χ2n) is 5.94. The van der Waals surface area contributed by atoms with Gasteiger partial charge in [0.05, 0.1) is 12.7 Å². The molecule has 1 rings (SSSR count). The maximum atomic E-state index is 10.4. The third kappa shape index (κ3) is 7.81. The van der Waals surface area contributed by atoms with Crippen LogP contribution in [0.25, 0.3) is 0 Å².